The van der Waals surface area contributed by atoms with Gasteiger partial charge >= 0.3 is 0 Å². The highest BCUT2D eigenvalue weighted by Crippen LogP contribution is 2.31. The highest BCUT2D eigenvalue weighted by atomic mass is 16.5. The number of ether oxygens (including phenoxy) is 1. The van der Waals surface area contributed by atoms with E-state index < -0.39 is 0 Å². The zero-order chi connectivity index (χ0) is 15.7. The topological polar surface area (TPSA) is 39.9 Å². The maximum absolute atomic E-state index is 5.43. The van der Waals surface area contributed by atoms with E-state index in [9.17, 15) is 0 Å². The Morgan fingerprint density at radius 3 is 2.59 bits per heavy atom. The summed E-state index contributed by atoms with van der Waals surface area (Å²) < 4.78 is 7.52. The van der Waals surface area contributed by atoms with Crippen molar-refractivity contribution in [2.24, 2.45) is 5.92 Å². The molecule has 0 saturated carbocycles. The van der Waals surface area contributed by atoms with Crippen LogP contribution in [0.4, 0.5) is 0 Å². The van der Waals surface area contributed by atoms with Crippen LogP contribution < -0.4 is 0 Å². The standard InChI is InChI=1S/C18H25N3O/c1-13(2)9-16-19-17(18(4)11-22-12-18)21(20-16)10-15-8-6-5-7-14(15)3/h5-8,13H,9-12H2,1-4H3. The van der Waals surface area contributed by atoms with E-state index >= 15 is 0 Å². The summed E-state index contributed by atoms with van der Waals surface area (Å²) in [6, 6.07) is 8.48. The van der Waals surface area contributed by atoms with Crippen LogP contribution in [0.2, 0.25) is 0 Å². The Labute approximate surface area is 132 Å². The minimum Gasteiger partial charge on any atom is -0.379 e. The molecule has 3 rings (SSSR count). The third kappa shape index (κ3) is 2.93. The van der Waals surface area contributed by atoms with Gasteiger partial charge in [-0.25, -0.2) is 9.67 Å². The number of aromatic nitrogens is 3. The summed E-state index contributed by atoms with van der Waals surface area (Å²) in [5.74, 6) is 2.58. The van der Waals surface area contributed by atoms with E-state index in [2.05, 4.69) is 56.6 Å². The molecule has 0 spiro atoms. The van der Waals surface area contributed by atoms with E-state index in [0.29, 0.717) is 5.92 Å². The van der Waals surface area contributed by atoms with E-state index in [1.54, 1.807) is 0 Å². The Bertz CT molecular complexity index is 656. The Kier molecular flexibility index (Phi) is 4.04. The molecule has 118 valence electrons. The van der Waals surface area contributed by atoms with Gasteiger partial charge in [-0.1, -0.05) is 38.1 Å². The average molecular weight is 299 g/mol. The summed E-state index contributed by atoms with van der Waals surface area (Å²) in [6.45, 7) is 11.0. The Hall–Kier alpha value is -1.68. The van der Waals surface area contributed by atoms with Gasteiger partial charge < -0.3 is 4.74 Å². The van der Waals surface area contributed by atoms with Gasteiger partial charge in [0.15, 0.2) is 5.82 Å². The second kappa shape index (κ2) is 5.84. The third-order valence-corrected chi connectivity index (χ3v) is 4.27. The van der Waals surface area contributed by atoms with Crippen LogP contribution in [-0.2, 0) is 23.1 Å². The number of rotatable bonds is 5. The van der Waals surface area contributed by atoms with Crippen molar-refractivity contribution in [3.05, 3.63) is 47.0 Å². The van der Waals surface area contributed by atoms with E-state index in [4.69, 9.17) is 14.8 Å². The summed E-state index contributed by atoms with van der Waals surface area (Å²) in [4.78, 5) is 4.84. The van der Waals surface area contributed by atoms with E-state index in [0.717, 1.165) is 37.8 Å². The van der Waals surface area contributed by atoms with Crippen molar-refractivity contribution >= 4 is 0 Å². The molecular weight excluding hydrogens is 274 g/mol. The lowest BCUT2D eigenvalue weighted by Gasteiger charge is -2.37. The summed E-state index contributed by atoms with van der Waals surface area (Å²) in [5.41, 5.74) is 2.60. The molecule has 0 amide bonds. The van der Waals surface area contributed by atoms with Gasteiger partial charge in [0.05, 0.1) is 25.2 Å². The van der Waals surface area contributed by atoms with Crippen molar-refractivity contribution in [2.45, 2.75) is 46.1 Å². The van der Waals surface area contributed by atoms with E-state index in [1.165, 1.54) is 11.1 Å². The molecule has 2 heterocycles. The first-order valence-electron chi connectivity index (χ1n) is 8.04. The number of nitrogens with zero attached hydrogens (tertiary/aromatic N) is 3. The molecule has 0 unspecified atom stereocenters. The lowest BCUT2D eigenvalue weighted by atomic mass is 9.87. The monoisotopic (exact) mass is 299 g/mol. The second-order valence-corrected chi connectivity index (χ2v) is 7.09. The fraction of sp³-hybridized carbons (Fsp3) is 0.556. The van der Waals surface area contributed by atoms with Gasteiger partial charge in [0.2, 0.25) is 0 Å². The predicted octanol–water partition coefficient (Wildman–Crippen LogP) is 3.12. The molecule has 2 aromatic rings. The molecule has 4 nitrogen and oxygen atoms in total. The minimum absolute atomic E-state index is 0.00488. The fourth-order valence-electron chi connectivity index (χ4n) is 2.88. The molecule has 1 aliphatic rings. The maximum Gasteiger partial charge on any atom is 0.151 e. The average Bonchev–Trinajstić information content (AvgIpc) is 2.81. The number of hydrogen-bond donors (Lipinski definition) is 0. The largest absolute Gasteiger partial charge is 0.379 e. The van der Waals surface area contributed by atoms with Gasteiger partial charge in [-0.15, -0.1) is 0 Å². The number of hydrogen-bond acceptors (Lipinski definition) is 3. The zero-order valence-corrected chi connectivity index (χ0v) is 14.0. The summed E-state index contributed by atoms with van der Waals surface area (Å²) in [6.07, 6.45) is 0.921. The van der Waals surface area contributed by atoms with Gasteiger partial charge in [-0.3, -0.25) is 0 Å². The summed E-state index contributed by atoms with van der Waals surface area (Å²) in [7, 11) is 0. The molecule has 1 aromatic carbocycles. The normalized spacial score (nSPS) is 16.8. The minimum atomic E-state index is 0.00488. The lowest BCUT2D eigenvalue weighted by Crippen LogP contribution is -2.46. The SMILES string of the molecule is Cc1ccccc1Cn1nc(CC(C)C)nc1C1(C)COC1. The summed E-state index contributed by atoms with van der Waals surface area (Å²) >= 11 is 0. The Morgan fingerprint density at radius 1 is 1.27 bits per heavy atom. The molecule has 0 aliphatic carbocycles. The molecule has 4 heteroatoms. The first kappa shape index (κ1) is 15.2. The number of aryl methyl sites for hydroxylation is 1. The van der Waals surface area contributed by atoms with Gasteiger partial charge in [0.25, 0.3) is 0 Å². The first-order chi connectivity index (χ1) is 10.5. The molecule has 22 heavy (non-hydrogen) atoms. The lowest BCUT2D eigenvalue weighted by molar-refractivity contribution is -0.0561. The van der Waals surface area contributed by atoms with Crippen LogP contribution in [0.25, 0.3) is 0 Å². The summed E-state index contributed by atoms with van der Waals surface area (Å²) in [5, 5.41) is 4.78. The van der Waals surface area contributed by atoms with E-state index in [1.807, 2.05) is 0 Å². The van der Waals surface area contributed by atoms with Crippen LogP contribution in [0, 0.1) is 12.8 Å². The molecular formula is C18H25N3O. The van der Waals surface area contributed by atoms with Crippen LogP contribution in [0.3, 0.4) is 0 Å². The Morgan fingerprint density at radius 2 is 2.00 bits per heavy atom. The number of benzene rings is 1. The van der Waals surface area contributed by atoms with Crippen molar-refractivity contribution in [1.29, 1.82) is 0 Å². The van der Waals surface area contributed by atoms with Crippen LogP contribution in [0.5, 0.6) is 0 Å². The van der Waals surface area contributed by atoms with E-state index in [-0.39, 0.29) is 5.41 Å². The molecule has 0 atom stereocenters. The van der Waals surface area contributed by atoms with Crippen LogP contribution in [0.1, 0.15) is 43.5 Å². The predicted molar refractivity (Wildman–Crippen MR) is 87.0 cm³/mol. The van der Waals surface area contributed by atoms with Crippen molar-refractivity contribution in [3.63, 3.8) is 0 Å². The molecule has 1 saturated heterocycles. The molecule has 1 fully saturated rings. The van der Waals surface area contributed by atoms with Crippen LogP contribution in [-0.4, -0.2) is 28.0 Å². The Balaban J connectivity index is 1.94. The molecule has 1 aromatic heterocycles. The zero-order valence-electron chi connectivity index (χ0n) is 14.0. The first-order valence-corrected chi connectivity index (χ1v) is 8.04. The quantitative estimate of drug-likeness (QED) is 0.851. The van der Waals surface area contributed by atoms with Gasteiger partial charge in [-0.2, -0.15) is 5.10 Å². The van der Waals surface area contributed by atoms with Crippen LogP contribution >= 0.6 is 0 Å². The van der Waals surface area contributed by atoms with Gasteiger partial charge in [0.1, 0.15) is 5.82 Å². The van der Waals surface area contributed by atoms with Gasteiger partial charge in [-0.05, 0) is 30.9 Å². The van der Waals surface area contributed by atoms with Crippen molar-refractivity contribution < 1.29 is 4.74 Å². The van der Waals surface area contributed by atoms with Gasteiger partial charge in [0, 0.05) is 6.42 Å². The highest BCUT2D eigenvalue weighted by molar-refractivity contribution is 5.26. The molecule has 0 radical (unpaired) electrons. The third-order valence-electron chi connectivity index (χ3n) is 4.27. The molecule has 0 bridgehead atoms. The highest BCUT2D eigenvalue weighted by Gasteiger charge is 2.40. The van der Waals surface area contributed by atoms with Crippen molar-refractivity contribution in [1.82, 2.24) is 14.8 Å². The van der Waals surface area contributed by atoms with Crippen LogP contribution in [0.15, 0.2) is 24.3 Å². The molecule has 1 aliphatic heterocycles. The fourth-order valence-corrected chi connectivity index (χ4v) is 2.88. The maximum atomic E-state index is 5.43. The smallest absolute Gasteiger partial charge is 0.151 e. The second-order valence-electron chi connectivity index (χ2n) is 7.09. The van der Waals surface area contributed by atoms with Crippen molar-refractivity contribution in [3.8, 4) is 0 Å². The molecule has 0 N–H and O–H groups in total. The van der Waals surface area contributed by atoms with Crippen molar-refractivity contribution in [2.75, 3.05) is 13.2 Å².